The van der Waals surface area contributed by atoms with Crippen LogP contribution in [0.4, 0.5) is 0 Å². The van der Waals surface area contributed by atoms with Crippen LogP contribution in [-0.2, 0) is 4.79 Å². The fraction of sp³-hybridized carbons (Fsp3) is 0.429. The Hall–Kier alpha value is -1.07. The fourth-order valence-corrected chi connectivity index (χ4v) is 4.13. The average molecular weight is 292 g/mol. The van der Waals surface area contributed by atoms with Crippen LogP contribution >= 0.6 is 23.1 Å². The van der Waals surface area contributed by atoms with E-state index in [-0.39, 0.29) is 5.91 Å². The highest BCUT2D eigenvalue weighted by atomic mass is 32.2. The first-order valence-electron chi connectivity index (χ1n) is 6.56. The predicted molar refractivity (Wildman–Crippen MR) is 82.5 cm³/mol. The molecular weight excluding hydrogens is 276 g/mol. The number of aliphatic imine (C=N–C) groups is 1. The topological polar surface area (TPSA) is 41.5 Å². The Morgan fingerprint density at radius 3 is 2.84 bits per heavy atom. The van der Waals surface area contributed by atoms with Gasteiger partial charge < -0.3 is 5.32 Å². The van der Waals surface area contributed by atoms with Crippen LogP contribution in [0.1, 0.15) is 35.4 Å². The minimum atomic E-state index is -0.0206. The molecule has 2 aliphatic rings. The van der Waals surface area contributed by atoms with Crippen molar-refractivity contribution in [2.75, 3.05) is 0 Å². The first-order valence-corrected chi connectivity index (χ1v) is 8.19. The summed E-state index contributed by atoms with van der Waals surface area (Å²) < 4.78 is 0. The Bertz CT molecular complexity index is 554. The Morgan fingerprint density at radius 1 is 1.37 bits per heavy atom. The molecule has 3 rings (SSSR count). The van der Waals surface area contributed by atoms with Crippen LogP contribution in [0.15, 0.2) is 22.0 Å². The first-order chi connectivity index (χ1) is 9.20. The summed E-state index contributed by atoms with van der Waals surface area (Å²) in [6.45, 7) is 2.07. The summed E-state index contributed by atoms with van der Waals surface area (Å²) in [6.07, 6.45) is 6.79. The number of hydrogen-bond acceptors (Lipinski definition) is 4. The number of aryl methyl sites for hydroxylation is 1. The molecule has 1 N–H and O–H groups in total. The minimum Gasteiger partial charge on any atom is -0.301 e. The Kier molecular flexibility index (Phi) is 3.75. The molecule has 0 bridgehead atoms. The number of thioether (sulfide) groups is 1. The summed E-state index contributed by atoms with van der Waals surface area (Å²) in [7, 11) is 0. The predicted octanol–water partition coefficient (Wildman–Crippen LogP) is 3.56. The van der Waals surface area contributed by atoms with E-state index in [1.54, 1.807) is 11.3 Å². The zero-order valence-electron chi connectivity index (χ0n) is 10.8. The van der Waals surface area contributed by atoms with E-state index >= 15 is 0 Å². The molecule has 0 atom stereocenters. The highest BCUT2D eigenvalue weighted by Crippen LogP contribution is 2.30. The third kappa shape index (κ3) is 3.09. The van der Waals surface area contributed by atoms with Gasteiger partial charge in [0, 0.05) is 9.75 Å². The van der Waals surface area contributed by atoms with Crippen LogP contribution in [0.25, 0.3) is 6.08 Å². The maximum Gasteiger partial charge on any atom is 0.264 e. The van der Waals surface area contributed by atoms with E-state index in [1.165, 1.54) is 29.5 Å². The molecule has 1 aromatic heterocycles. The van der Waals surface area contributed by atoms with Gasteiger partial charge in [-0.25, -0.2) is 0 Å². The summed E-state index contributed by atoms with van der Waals surface area (Å²) in [6, 6.07) is 4.53. The van der Waals surface area contributed by atoms with Crippen molar-refractivity contribution in [3.8, 4) is 0 Å². The van der Waals surface area contributed by atoms with Crippen LogP contribution in [0.5, 0.6) is 0 Å². The second-order valence-electron chi connectivity index (χ2n) is 4.89. The van der Waals surface area contributed by atoms with Gasteiger partial charge in [0.1, 0.15) is 0 Å². The van der Waals surface area contributed by atoms with Gasteiger partial charge in [-0.2, -0.15) is 0 Å². The maximum atomic E-state index is 11.9. The van der Waals surface area contributed by atoms with E-state index < -0.39 is 0 Å². The van der Waals surface area contributed by atoms with Crippen LogP contribution in [0, 0.1) is 6.92 Å². The molecule has 5 heteroatoms. The lowest BCUT2D eigenvalue weighted by Gasteiger charge is -2.02. The Balaban J connectivity index is 1.74. The quantitative estimate of drug-likeness (QED) is 0.847. The zero-order valence-corrected chi connectivity index (χ0v) is 12.4. The van der Waals surface area contributed by atoms with E-state index in [9.17, 15) is 4.79 Å². The molecule has 1 amide bonds. The molecule has 19 heavy (non-hydrogen) atoms. The number of carbonyl (C=O) groups excluding carboxylic acids is 1. The molecule has 1 saturated carbocycles. The zero-order chi connectivity index (χ0) is 13.2. The van der Waals surface area contributed by atoms with Gasteiger partial charge in [-0.05, 0) is 49.7 Å². The van der Waals surface area contributed by atoms with Crippen molar-refractivity contribution < 1.29 is 4.79 Å². The SMILES string of the molecule is Cc1ccc(/C=C2\SC(=NC3CCCC3)NC2=O)s1. The monoisotopic (exact) mass is 292 g/mol. The third-order valence-electron chi connectivity index (χ3n) is 3.31. The number of nitrogens with zero attached hydrogens (tertiary/aromatic N) is 1. The molecule has 2 fully saturated rings. The number of hydrogen-bond donors (Lipinski definition) is 1. The summed E-state index contributed by atoms with van der Waals surface area (Å²) in [5, 5.41) is 3.64. The summed E-state index contributed by atoms with van der Waals surface area (Å²) in [4.78, 5) is 19.7. The number of rotatable bonds is 2. The van der Waals surface area contributed by atoms with Gasteiger partial charge in [-0.3, -0.25) is 9.79 Å². The van der Waals surface area contributed by atoms with Crippen LogP contribution < -0.4 is 5.32 Å². The van der Waals surface area contributed by atoms with Crippen molar-refractivity contribution >= 4 is 40.2 Å². The average Bonchev–Trinajstić information content (AvgIpc) is 3.06. The van der Waals surface area contributed by atoms with Crippen molar-refractivity contribution in [3.05, 3.63) is 26.8 Å². The van der Waals surface area contributed by atoms with E-state index in [0.29, 0.717) is 6.04 Å². The molecular formula is C14H16N2OS2. The minimum absolute atomic E-state index is 0.0206. The molecule has 1 aromatic rings. The molecule has 1 saturated heterocycles. The van der Waals surface area contributed by atoms with Crippen molar-refractivity contribution in [2.24, 2.45) is 4.99 Å². The maximum absolute atomic E-state index is 11.9. The molecule has 1 aliphatic carbocycles. The Labute approximate surface area is 121 Å². The normalized spacial score (nSPS) is 24.6. The van der Waals surface area contributed by atoms with Crippen molar-refractivity contribution in [1.82, 2.24) is 5.32 Å². The lowest BCUT2D eigenvalue weighted by molar-refractivity contribution is -0.115. The Morgan fingerprint density at radius 2 is 2.16 bits per heavy atom. The molecule has 3 nitrogen and oxygen atoms in total. The van der Waals surface area contributed by atoms with Crippen molar-refractivity contribution in [3.63, 3.8) is 0 Å². The molecule has 0 spiro atoms. The van der Waals surface area contributed by atoms with Gasteiger partial charge in [0.2, 0.25) is 0 Å². The van der Waals surface area contributed by atoms with Gasteiger partial charge in [-0.15, -0.1) is 11.3 Å². The van der Waals surface area contributed by atoms with E-state index in [4.69, 9.17) is 0 Å². The fourth-order valence-electron chi connectivity index (χ4n) is 2.35. The van der Waals surface area contributed by atoms with Gasteiger partial charge in [-0.1, -0.05) is 12.8 Å². The van der Waals surface area contributed by atoms with Crippen molar-refractivity contribution in [1.29, 1.82) is 0 Å². The number of amides is 1. The van der Waals surface area contributed by atoms with Crippen molar-refractivity contribution in [2.45, 2.75) is 38.6 Å². The third-order valence-corrected chi connectivity index (χ3v) is 5.18. The van der Waals surface area contributed by atoms with Gasteiger partial charge in [0.25, 0.3) is 5.91 Å². The highest BCUT2D eigenvalue weighted by Gasteiger charge is 2.25. The molecule has 100 valence electrons. The second kappa shape index (κ2) is 5.51. The highest BCUT2D eigenvalue weighted by molar-refractivity contribution is 8.18. The number of amidine groups is 1. The standard InChI is InChI=1S/C14H16N2OS2/c1-9-6-7-11(18-9)8-12-13(17)16-14(19-12)15-10-4-2-3-5-10/h6-8,10H,2-5H2,1H3,(H,15,16,17)/b12-8-. The molecule has 0 radical (unpaired) electrons. The largest absolute Gasteiger partial charge is 0.301 e. The van der Waals surface area contributed by atoms with Gasteiger partial charge in [0.05, 0.1) is 10.9 Å². The van der Waals surface area contributed by atoms with E-state index in [1.807, 2.05) is 12.1 Å². The number of nitrogens with one attached hydrogen (secondary N) is 1. The summed E-state index contributed by atoms with van der Waals surface area (Å²) >= 11 is 3.17. The lowest BCUT2D eigenvalue weighted by Crippen LogP contribution is -2.21. The van der Waals surface area contributed by atoms with E-state index in [2.05, 4.69) is 23.3 Å². The molecule has 1 aliphatic heterocycles. The first kappa shape index (κ1) is 12.9. The van der Waals surface area contributed by atoms with Gasteiger partial charge >= 0.3 is 0 Å². The van der Waals surface area contributed by atoms with Crippen LogP contribution in [0.2, 0.25) is 0 Å². The second-order valence-corrected chi connectivity index (χ2v) is 7.24. The molecule has 0 unspecified atom stereocenters. The molecule has 2 heterocycles. The lowest BCUT2D eigenvalue weighted by atomic mass is 10.3. The van der Waals surface area contributed by atoms with Crippen LogP contribution in [0.3, 0.4) is 0 Å². The van der Waals surface area contributed by atoms with Gasteiger partial charge in [0.15, 0.2) is 5.17 Å². The number of thiophene rings is 1. The number of carbonyl (C=O) groups is 1. The summed E-state index contributed by atoms with van der Waals surface area (Å²) in [5.74, 6) is -0.0206. The smallest absolute Gasteiger partial charge is 0.264 e. The summed E-state index contributed by atoms with van der Waals surface area (Å²) in [5.41, 5.74) is 0. The van der Waals surface area contributed by atoms with E-state index in [0.717, 1.165) is 27.8 Å². The molecule has 0 aromatic carbocycles. The van der Waals surface area contributed by atoms with Crippen LogP contribution in [-0.4, -0.2) is 17.1 Å².